The van der Waals surface area contributed by atoms with Crippen LogP contribution in [0.3, 0.4) is 0 Å². The number of rotatable bonds is 2. The predicted molar refractivity (Wildman–Crippen MR) is 70.2 cm³/mol. The third-order valence-electron chi connectivity index (χ3n) is 1.87. The van der Waals surface area contributed by atoms with Crippen LogP contribution in [0.5, 0.6) is 0 Å². The van der Waals surface area contributed by atoms with Crippen molar-refractivity contribution < 1.29 is 9.52 Å². The van der Waals surface area contributed by atoms with Gasteiger partial charge in [0.05, 0.1) is 4.47 Å². The molecule has 0 aromatic carbocycles. The highest BCUT2D eigenvalue weighted by molar-refractivity contribution is 9.13. The van der Waals surface area contributed by atoms with Crippen LogP contribution in [0.25, 0.3) is 0 Å². The van der Waals surface area contributed by atoms with Crippen molar-refractivity contribution in [2.75, 3.05) is 0 Å². The van der Waals surface area contributed by atoms with Crippen molar-refractivity contribution in [1.29, 1.82) is 0 Å². The lowest BCUT2D eigenvalue weighted by atomic mass is 10.1. The molecule has 1 atom stereocenters. The van der Waals surface area contributed by atoms with Gasteiger partial charge in [-0.2, -0.15) is 11.3 Å². The van der Waals surface area contributed by atoms with Crippen molar-refractivity contribution >= 4 is 59.1 Å². The molecule has 6 heteroatoms. The van der Waals surface area contributed by atoms with Gasteiger partial charge in [-0.05, 0) is 59.2 Å². The molecule has 0 saturated heterocycles. The number of halogens is 3. The van der Waals surface area contributed by atoms with Crippen LogP contribution in [0.4, 0.5) is 0 Å². The summed E-state index contributed by atoms with van der Waals surface area (Å²) in [6.45, 7) is 0. The van der Waals surface area contributed by atoms with E-state index in [1.54, 1.807) is 6.07 Å². The summed E-state index contributed by atoms with van der Waals surface area (Å²) in [5, 5.41) is 13.9. The number of furan rings is 1. The lowest BCUT2D eigenvalue weighted by molar-refractivity contribution is 0.187. The maximum atomic E-state index is 10.0. The van der Waals surface area contributed by atoms with E-state index in [9.17, 15) is 5.11 Å². The summed E-state index contributed by atoms with van der Waals surface area (Å²) in [7, 11) is 0. The van der Waals surface area contributed by atoms with Gasteiger partial charge in [-0.25, -0.2) is 0 Å². The molecule has 0 saturated carbocycles. The molecule has 2 nitrogen and oxygen atoms in total. The van der Waals surface area contributed by atoms with Crippen LogP contribution in [-0.4, -0.2) is 5.11 Å². The molecular formula is C9H5Br3O2S. The molecule has 0 fully saturated rings. The normalized spacial score (nSPS) is 13.1. The molecule has 2 aromatic rings. The molecule has 2 heterocycles. The zero-order chi connectivity index (χ0) is 11.0. The molecule has 0 bridgehead atoms. The maximum Gasteiger partial charge on any atom is 0.183 e. The largest absolute Gasteiger partial charge is 0.450 e. The zero-order valence-electron chi connectivity index (χ0n) is 7.21. The van der Waals surface area contributed by atoms with Crippen LogP contribution < -0.4 is 0 Å². The fourth-order valence-corrected chi connectivity index (χ4v) is 3.28. The monoisotopic (exact) mass is 414 g/mol. The van der Waals surface area contributed by atoms with E-state index in [2.05, 4.69) is 47.8 Å². The zero-order valence-corrected chi connectivity index (χ0v) is 12.8. The first-order valence-corrected chi connectivity index (χ1v) is 7.26. The van der Waals surface area contributed by atoms with Crippen LogP contribution in [0.15, 0.2) is 34.9 Å². The van der Waals surface area contributed by atoms with E-state index in [4.69, 9.17) is 4.42 Å². The van der Waals surface area contributed by atoms with Crippen LogP contribution in [0.1, 0.15) is 17.4 Å². The minimum absolute atomic E-state index is 0.507. The SMILES string of the molecule is OC(c1cc(Br)c(Br)o1)c1cscc1Br. The van der Waals surface area contributed by atoms with Crippen molar-refractivity contribution in [3.63, 3.8) is 0 Å². The van der Waals surface area contributed by atoms with Gasteiger partial charge < -0.3 is 9.52 Å². The van der Waals surface area contributed by atoms with Crippen molar-refractivity contribution in [3.05, 3.63) is 41.8 Å². The molecular weight excluding hydrogens is 412 g/mol. The molecule has 1 N–H and O–H groups in total. The molecule has 1 unspecified atom stereocenters. The molecule has 0 aliphatic rings. The van der Waals surface area contributed by atoms with Crippen molar-refractivity contribution in [2.45, 2.75) is 6.10 Å². The quantitative estimate of drug-likeness (QED) is 0.769. The van der Waals surface area contributed by atoms with Crippen molar-refractivity contribution in [2.24, 2.45) is 0 Å². The molecule has 80 valence electrons. The molecule has 0 aliphatic carbocycles. The lowest BCUT2D eigenvalue weighted by Gasteiger charge is -2.05. The van der Waals surface area contributed by atoms with Gasteiger partial charge in [-0.1, -0.05) is 0 Å². The summed E-state index contributed by atoms with van der Waals surface area (Å²) in [6.07, 6.45) is -0.742. The summed E-state index contributed by atoms with van der Waals surface area (Å²) >= 11 is 11.4. The number of aliphatic hydroxyl groups excluding tert-OH is 1. The van der Waals surface area contributed by atoms with Gasteiger partial charge in [-0.15, -0.1) is 0 Å². The van der Waals surface area contributed by atoms with Gasteiger partial charge >= 0.3 is 0 Å². The Balaban J connectivity index is 2.36. The Bertz CT molecular complexity index is 458. The Morgan fingerprint density at radius 2 is 1.93 bits per heavy atom. The summed E-state index contributed by atoms with van der Waals surface area (Å²) < 4.78 is 7.63. The van der Waals surface area contributed by atoms with E-state index >= 15 is 0 Å². The lowest BCUT2D eigenvalue weighted by Crippen LogP contribution is -1.96. The first kappa shape index (κ1) is 11.9. The summed E-state index contributed by atoms with van der Waals surface area (Å²) in [4.78, 5) is 0. The molecule has 2 aromatic heterocycles. The fourth-order valence-electron chi connectivity index (χ4n) is 1.14. The molecule has 0 radical (unpaired) electrons. The third-order valence-corrected chi connectivity index (χ3v) is 5.33. The van der Waals surface area contributed by atoms with E-state index in [0.717, 1.165) is 14.5 Å². The maximum absolute atomic E-state index is 10.0. The smallest absolute Gasteiger partial charge is 0.183 e. The molecule has 0 aliphatic heterocycles. The Hall–Kier alpha value is 0.380. The van der Waals surface area contributed by atoms with E-state index in [-0.39, 0.29) is 0 Å². The van der Waals surface area contributed by atoms with Crippen molar-refractivity contribution in [1.82, 2.24) is 0 Å². The van der Waals surface area contributed by atoms with Crippen LogP contribution in [0.2, 0.25) is 0 Å². The molecule has 2 rings (SSSR count). The Morgan fingerprint density at radius 3 is 2.40 bits per heavy atom. The topological polar surface area (TPSA) is 33.4 Å². The standard InChI is InChI=1S/C9H5Br3O2S/c10-5-1-7(14-9(5)12)8(13)4-2-15-3-6(4)11/h1-3,8,13H. The number of aliphatic hydroxyl groups is 1. The van der Waals surface area contributed by atoms with Crippen molar-refractivity contribution in [3.8, 4) is 0 Å². The number of hydrogen-bond acceptors (Lipinski definition) is 3. The second-order valence-corrected chi connectivity index (χ2v) is 6.02. The molecule has 15 heavy (non-hydrogen) atoms. The van der Waals surface area contributed by atoms with Crippen LogP contribution >= 0.6 is 59.1 Å². The van der Waals surface area contributed by atoms with Gasteiger partial charge in [0.15, 0.2) is 4.67 Å². The summed E-state index contributed by atoms with van der Waals surface area (Å²) in [6, 6.07) is 1.75. The predicted octanol–water partition coefficient (Wildman–Crippen LogP) is 4.71. The number of thiophene rings is 1. The summed E-state index contributed by atoms with van der Waals surface area (Å²) in [5.41, 5.74) is 0.814. The van der Waals surface area contributed by atoms with Crippen LogP contribution in [-0.2, 0) is 0 Å². The summed E-state index contributed by atoms with van der Waals surface area (Å²) in [5.74, 6) is 0.507. The first-order chi connectivity index (χ1) is 7.09. The number of hydrogen-bond donors (Lipinski definition) is 1. The highest BCUT2D eigenvalue weighted by atomic mass is 79.9. The average molecular weight is 417 g/mol. The second kappa shape index (κ2) is 4.71. The second-order valence-electron chi connectivity index (χ2n) is 2.85. The van der Waals surface area contributed by atoms with Crippen LogP contribution in [0, 0.1) is 0 Å². The Morgan fingerprint density at radius 1 is 1.20 bits per heavy atom. The van der Waals surface area contributed by atoms with Gasteiger partial charge in [-0.3, -0.25) is 0 Å². The van der Waals surface area contributed by atoms with Gasteiger partial charge in [0.2, 0.25) is 0 Å². The average Bonchev–Trinajstić information content (AvgIpc) is 2.74. The van der Waals surface area contributed by atoms with E-state index in [0.29, 0.717) is 10.4 Å². The third kappa shape index (κ3) is 2.39. The highest BCUT2D eigenvalue weighted by Crippen LogP contribution is 2.36. The minimum Gasteiger partial charge on any atom is -0.450 e. The minimum atomic E-state index is -0.742. The van der Waals surface area contributed by atoms with E-state index in [1.165, 1.54) is 11.3 Å². The fraction of sp³-hybridized carbons (Fsp3) is 0.111. The molecule has 0 amide bonds. The Labute approximate surface area is 116 Å². The van der Waals surface area contributed by atoms with Gasteiger partial charge in [0.1, 0.15) is 11.9 Å². The van der Waals surface area contributed by atoms with E-state index in [1.807, 2.05) is 10.8 Å². The van der Waals surface area contributed by atoms with Gasteiger partial charge in [0, 0.05) is 15.4 Å². The molecule has 0 spiro atoms. The highest BCUT2D eigenvalue weighted by Gasteiger charge is 2.19. The van der Waals surface area contributed by atoms with Gasteiger partial charge in [0.25, 0.3) is 0 Å². The Kier molecular flexibility index (Phi) is 3.72. The van der Waals surface area contributed by atoms with E-state index < -0.39 is 6.10 Å². The first-order valence-electron chi connectivity index (χ1n) is 3.94.